The Kier molecular flexibility index (Phi) is 36.3. The molecule has 5 nitrogen and oxygen atoms in total. The van der Waals surface area contributed by atoms with Crippen molar-refractivity contribution in [3.8, 4) is 5.75 Å². The molecule has 5 unspecified atom stereocenters. The molecule has 0 saturated heterocycles. The van der Waals surface area contributed by atoms with Gasteiger partial charge in [-0.25, -0.2) is 0 Å². The fraction of sp³-hybridized carbons (Fsp3) is 0.875. The molecule has 0 aromatic heterocycles. The normalized spacial score (nSPS) is 15.7. The second-order valence-corrected chi connectivity index (χ2v) is 19.3. The van der Waals surface area contributed by atoms with E-state index in [0.717, 1.165) is 80.5 Å². The van der Waals surface area contributed by atoms with Crippen LogP contribution in [-0.4, -0.2) is 74.2 Å². The highest BCUT2D eigenvalue weighted by molar-refractivity contribution is 8.76. The summed E-state index contributed by atoms with van der Waals surface area (Å²) in [4.78, 5) is 2.66. The third-order valence-electron chi connectivity index (χ3n) is 10.7. The molecule has 0 bridgehead atoms. The summed E-state index contributed by atoms with van der Waals surface area (Å²) in [7, 11) is 5.51. The molecular formula is C48H93NO4S2. The van der Waals surface area contributed by atoms with E-state index in [-0.39, 0.29) is 18.3 Å². The molecule has 55 heavy (non-hydrogen) atoms. The standard InChI is InChI=1S/C41H75NO3S2.C5H12O.C2H6/c1-9-11-12-21-41(45-34(5)6)40(10-2)44-28-30-47-46-29-27-43-39-23-22-38-32-42(26-24-37(38)31-39)25-15-20-36(8)19-14-18-35(7)17-13-16-33(3)4;1-4-5(2)6-3;1-2/h22-23,31,33-36,40-41H,9-21,24-30,32H2,1-8H3;5H,4H2,1-3H3;1-2H3. The van der Waals surface area contributed by atoms with Crippen molar-refractivity contribution in [3.63, 3.8) is 0 Å². The quantitative estimate of drug-likeness (QED) is 0.0546. The van der Waals surface area contributed by atoms with Gasteiger partial charge in [0.15, 0.2) is 0 Å². The lowest BCUT2D eigenvalue weighted by Crippen LogP contribution is -2.34. The summed E-state index contributed by atoms with van der Waals surface area (Å²) in [5, 5.41) is 0. The zero-order valence-electron chi connectivity index (χ0n) is 38.7. The van der Waals surface area contributed by atoms with Crippen LogP contribution < -0.4 is 4.74 Å². The van der Waals surface area contributed by atoms with Crippen LogP contribution in [0.4, 0.5) is 0 Å². The Balaban J connectivity index is 0.00000331. The molecule has 0 aliphatic carbocycles. The molecule has 1 aromatic rings. The van der Waals surface area contributed by atoms with Gasteiger partial charge in [0, 0.05) is 31.7 Å². The van der Waals surface area contributed by atoms with E-state index in [2.05, 4.69) is 92.3 Å². The lowest BCUT2D eigenvalue weighted by atomic mass is 9.92. The van der Waals surface area contributed by atoms with Crippen molar-refractivity contribution >= 4 is 21.6 Å². The Morgan fingerprint density at radius 3 is 1.89 bits per heavy atom. The molecule has 326 valence electrons. The van der Waals surface area contributed by atoms with Gasteiger partial charge in [0.1, 0.15) is 5.75 Å². The van der Waals surface area contributed by atoms with E-state index in [1.165, 1.54) is 94.8 Å². The largest absolute Gasteiger partial charge is 0.493 e. The molecule has 5 atom stereocenters. The van der Waals surface area contributed by atoms with E-state index in [1.54, 1.807) is 7.11 Å². The number of ether oxygens (including phenoxy) is 4. The van der Waals surface area contributed by atoms with Gasteiger partial charge in [-0.1, -0.05) is 148 Å². The Morgan fingerprint density at radius 1 is 0.691 bits per heavy atom. The summed E-state index contributed by atoms with van der Waals surface area (Å²) in [6.45, 7) is 31.6. The Labute approximate surface area is 352 Å². The van der Waals surface area contributed by atoms with Crippen LogP contribution >= 0.6 is 21.6 Å². The summed E-state index contributed by atoms with van der Waals surface area (Å²) in [5.41, 5.74) is 2.97. The number of methoxy groups -OCH3 is 1. The third kappa shape index (κ3) is 29.4. The van der Waals surface area contributed by atoms with E-state index in [9.17, 15) is 0 Å². The molecule has 1 aliphatic rings. The number of fused-ring (bicyclic) bond motifs is 1. The smallest absolute Gasteiger partial charge is 0.119 e. The summed E-state index contributed by atoms with van der Waals surface area (Å²) >= 11 is 0. The number of rotatable bonds is 31. The minimum absolute atomic E-state index is 0.195. The average molecular weight is 812 g/mol. The molecule has 7 heteroatoms. The monoisotopic (exact) mass is 812 g/mol. The van der Waals surface area contributed by atoms with E-state index in [1.807, 2.05) is 35.4 Å². The molecule has 0 fully saturated rings. The molecule has 0 saturated carbocycles. The van der Waals surface area contributed by atoms with Gasteiger partial charge >= 0.3 is 0 Å². The van der Waals surface area contributed by atoms with Gasteiger partial charge in [0.2, 0.25) is 0 Å². The van der Waals surface area contributed by atoms with Crippen LogP contribution in [0.2, 0.25) is 0 Å². The van der Waals surface area contributed by atoms with E-state index in [0.29, 0.717) is 6.10 Å². The zero-order valence-corrected chi connectivity index (χ0v) is 40.4. The fourth-order valence-electron chi connectivity index (χ4n) is 7.00. The fourth-order valence-corrected chi connectivity index (χ4v) is 8.66. The van der Waals surface area contributed by atoms with E-state index in [4.69, 9.17) is 18.9 Å². The van der Waals surface area contributed by atoms with E-state index < -0.39 is 0 Å². The first-order chi connectivity index (χ1) is 26.5. The highest BCUT2D eigenvalue weighted by Gasteiger charge is 2.22. The molecular weight excluding hydrogens is 719 g/mol. The van der Waals surface area contributed by atoms with Crippen molar-refractivity contribution in [1.82, 2.24) is 4.90 Å². The first-order valence-corrected chi connectivity index (χ1v) is 25.5. The van der Waals surface area contributed by atoms with Gasteiger partial charge in [-0.2, -0.15) is 0 Å². The third-order valence-corrected chi connectivity index (χ3v) is 13.0. The van der Waals surface area contributed by atoms with Gasteiger partial charge in [-0.15, -0.1) is 0 Å². The van der Waals surface area contributed by atoms with Crippen LogP contribution in [-0.2, 0) is 27.2 Å². The molecule has 0 N–H and O–H groups in total. The SMILES string of the molecule is CC.CCC(C)OC.CCCCCC(OC(C)C)C(CC)OCCSSCCOc1ccc2c(c1)CCN(CCCC(C)CCCC(C)CCCC(C)C)C2. The van der Waals surface area contributed by atoms with Crippen LogP contribution in [0.25, 0.3) is 0 Å². The minimum atomic E-state index is 0.195. The van der Waals surface area contributed by atoms with Crippen LogP contribution in [0.15, 0.2) is 18.2 Å². The summed E-state index contributed by atoms with van der Waals surface area (Å²) in [6, 6.07) is 6.79. The topological polar surface area (TPSA) is 40.2 Å². The van der Waals surface area contributed by atoms with Crippen LogP contribution in [0.3, 0.4) is 0 Å². The van der Waals surface area contributed by atoms with Crippen LogP contribution in [0, 0.1) is 17.8 Å². The van der Waals surface area contributed by atoms with Gasteiger partial charge in [-0.05, 0) is 107 Å². The van der Waals surface area contributed by atoms with Gasteiger partial charge in [-0.3, -0.25) is 4.90 Å². The predicted octanol–water partition coefficient (Wildman–Crippen LogP) is 14.5. The molecule has 0 spiro atoms. The Hall–Kier alpha value is -0.440. The predicted molar refractivity (Wildman–Crippen MR) is 248 cm³/mol. The number of benzene rings is 1. The molecule has 1 aromatic carbocycles. The second-order valence-electron chi connectivity index (χ2n) is 16.5. The van der Waals surface area contributed by atoms with Crippen molar-refractivity contribution in [3.05, 3.63) is 29.3 Å². The Bertz CT molecular complexity index is 975. The van der Waals surface area contributed by atoms with Gasteiger partial charge < -0.3 is 18.9 Å². The zero-order chi connectivity index (χ0) is 41.3. The number of nitrogens with zero attached hydrogens (tertiary/aromatic N) is 1. The van der Waals surface area contributed by atoms with E-state index >= 15 is 0 Å². The lowest BCUT2D eigenvalue weighted by Gasteiger charge is -2.29. The molecule has 1 aliphatic heterocycles. The number of hydrogen-bond donors (Lipinski definition) is 0. The molecule has 1 heterocycles. The summed E-state index contributed by atoms with van der Waals surface area (Å²) in [6.07, 6.45) is 20.3. The highest BCUT2D eigenvalue weighted by Crippen LogP contribution is 2.27. The summed E-state index contributed by atoms with van der Waals surface area (Å²) < 4.78 is 23.6. The van der Waals surface area contributed by atoms with Crippen LogP contribution in [0.5, 0.6) is 5.75 Å². The van der Waals surface area contributed by atoms with Crippen LogP contribution in [0.1, 0.15) is 184 Å². The maximum absolute atomic E-state index is 6.30. The molecule has 2 rings (SSSR count). The minimum Gasteiger partial charge on any atom is -0.493 e. The Morgan fingerprint density at radius 2 is 1.33 bits per heavy atom. The average Bonchev–Trinajstić information content (AvgIpc) is 3.17. The van der Waals surface area contributed by atoms with Gasteiger partial charge in [0.05, 0.1) is 37.6 Å². The molecule has 0 radical (unpaired) electrons. The maximum Gasteiger partial charge on any atom is 0.119 e. The first-order valence-electron chi connectivity index (χ1n) is 23.0. The molecule has 0 amide bonds. The summed E-state index contributed by atoms with van der Waals surface area (Å²) in [5.74, 6) is 5.62. The van der Waals surface area contributed by atoms with Crippen molar-refractivity contribution < 1.29 is 18.9 Å². The highest BCUT2D eigenvalue weighted by atomic mass is 33.1. The first kappa shape index (κ1) is 54.6. The maximum atomic E-state index is 6.30. The second kappa shape index (κ2) is 36.6. The van der Waals surface area contributed by atoms with Crippen molar-refractivity contribution in [2.24, 2.45) is 17.8 Å². The van der Waals surface area contributed by atoms with Crippen molar-refractivity contribution in [2.75, 3.05) is 44.9 Å². The van der Waals surface area contributed by atoms with Gasteiger partial charge in [0.25, 0.3) is 0 Å². The number of hydrogen-bond acceptors (Lipinski definition) is 7. The number of unbranched alkanes of at least 4 members (excludes halogenated alkanes) is 2. The lowest BCUT2D eigenvalue weighted by molar-refractivity contribution is -0.0949. The van der Waals surface area contributed by atoms with Crippen molar-refractivity contribution in [2.45, 2.75) is 210 Å². The van der Waals surface area contributed by atoms with Crippen molar-refractivity contribution in [1.29, 1.82) is 0 Å².